The number of piperidine rings is 1. The summed E-state index contributed by atoms with van der Waals surface area (Å²) in [5, 5.41) is 7.64. The molecule has 2 atom stereocenters. The molecule has 1 amide bonds. The number of aromatic nitrogens is 3. The number of nitrogens with one attached hydrogen (secondary N) is 1. The molecule has 2 aromatic rings. The first kappa shape index (κ1) is 11.8. The van der Waals surface area contributed by atoms with Gasteiger partial charge in [0.2, 0.25) is 0 Å². The lowest BCUT2D eigenvalue weighted by Crippen LogP contribution is -2.48. The van der Waals surface area contributed by atoms with Crippen LogP contribution in [-0.4, -0.2) is 51.1 Å². The highest BCUT2D eigenvalue weighted by molar-refractivity contribution is 6.00. The number of amides is 1. The van der Waals surface area contributed by atoms with Gasteiger partial charge in [0.15, 0.2) is 0 Å². The third-order valence-electron chi connectivity index (χ3n) is 4.49. The summed E-state index contributed by atoms with van der Waals surface area (Å²) in [5.41, 5.74) is 1.44. The van der Waals surface area contributed by atoms with Crippen LogP contribution in [-0.2, 0) is 0 Å². The average Bonchev–Trinajstić information content (AvgIpc) is 3.12. The van der Waals surface area contributed by atoms with Crippen molar-refractivity contribution in [3.05, 3.63) is 30.4 Å². The zero-order valence-corrected chi connectivity index (χ0v) is 11.2. The Morgan fingerprint density at radius 2 is 2.30 bits per heavy atom. The molecule has 6 nitrogen and oxygen atoms in total. The van der Waals surface area contributed by atoms with Gasteiger partial charge in [-0.2, -0.15) is 5.10 Å². The molecule has 6 heteroatoms. The van der Waals surface area contributed by atoms with Gasteiger partial charge in [-0.1, -0.05) is 0 Å². The molecule has 0 aromatic carbocycles. The molecule has 2 aromatic heterocycles. The number of hydrogen-bond donors (Lipinski definition) is 1. The van der Waals surface area contributed by atoms with E-state index in [9.17, 15) is 4.79 Å². The normalized spacial score (nSPS) is 25.9. The SMILES string of the molecule is O=C(c1cnn2ccncc12)N1CCCC2CNCC21. The molecule has 2 saturated heterocycles. The molecule has 20 heavy (non-hydrogen) atoms. The number of carbonyl (C=O) groups is 1. The van der Waals surface area contributed by atoms with E-state index in [1.165, 1.54) is 6.42 Å². The van der Waals surface area contributed by atoms with E-state index in [1.807, 2.05) is 4.90 Å². The number of rotatable bonds is 1. The van der Waals surface area contributed by atoms with Crippen LogP contribution in [0.5, 0.6) is 0 Å². The van der Waals surface area contributed by atoms with Crippen LogP contribution < -0.4 is 5.32 Å². The fourth-order valence-electron chi connectivity index (χ4n) is 3.47. The van der Waals surface area contributed by atoms with Crippen LogP contribution in [0.15, 0.2) is 24.8 Å². The van der Waals surface area contributed by atoms with E-state index in [4.69, 9.17) is 0 Å². The monoisotopic (exact) mass is 271 g/mol. The number of fused-ring (bicyclic) bond motifs is 2. The minimum atomic E-state index is 0.0893. The van der Waals surface area contributed by atoms with Gasteiger partial charge in [-0.15, -0.1) is 0 Å². The Balaban J connectivity index is 1.69. The fourth-order valence-corrected chi connectivity index (χ4v) is 3.47. The first-order valence-corrected chi connectivity index (χ1v) is 7.13. The van der Waals surface area contributed by atoms with Crippen LogP contribution >= 0.6 is 0 Å². The number of hydrogen-bond acceptors (Lipinski definition) is 4. The van der Waals surface area contributed by atoms with E-state index in [1.54, 1.807) is 29.3 Å². The largest absolute Gasteiger partial charge is 0.334 e. The molecule has 0 spiro atoms. The quantitative estimate of drug-likeness (QED) is 0.823. The summed E-state index contributed by atoms with van der Waals surface area (Å²) in [6.45, 7) is 2.79. The lowest BCUT2D eigenvalue weighted by Gasteiger charge is -2.36. The Hall–Kier alpha value is -1.95. The average molecular weight is 271 g/mol. The highest BCUT2D eigenvalue weighted by Crippen LogP contribution is 2.28. The van der Waals surface area contributed by atoms with Gasteiger partial charge < -0.3 is 10.2 Å². The maximum Gasteiger partial charge on any atom is 0.258 e. The predicted molar refractivity (Wildman–Crippen MR) is 73.4 cm³/mol. The zero-order chi connectivity index (χ0) is 13.5. The van der Waals surface area contributed by atoms with Crippen molar-refractivity contribution >= 4 is 11.4 Å². The van der Waals surface area contributed by atoms with Gasteiger partial charge >= 0.3 is 0 Å². The molecule has 0 bridgehead atoms. The molecule has 0 aliphatic carbocycles. The molecule has 0 saturated carbocycles. The first-order chi connectivity index (χ1) is 9.84. The Morgan fingerprint density at radius 1 is 1.35 bits per heavy atom. The highest BCUT2D eigenvalue weighted by Gasteiger charge is 2.38. The van der Waals surface area contributed by atoms with Crippen LogP contribution in [0, 0.1) is 5.92 Å². The van der Waals surface area contributed by atoms with Crippen molar-refractivity contribution in [3.8, 4) is 0 Å². The first-order valence-electron chi connectivity index (χ1n) is 7.13. The Labute approximate surface area is 116 Å². The van der Waals surface area contributed by atoms with E-state index < -0.39 is 0 Å². The van der Waals surface area contributed by atoms with Gasteiger partial charge in [0.25, 0.3) is 5.91 Å². The second-order valence-electron chi connectivity index (χ2n) is 5.59. The lowest BCUT2D eigenvalue weighted by molar-refractivity contribution is 0.0577. The second kappa shape index (κ2) is 4.56. The molecule has 2 unspecified atom stereocenters. The molecule has 0 radical (unpaired) electrons. The van der Waals surface area contributed by atoms with Gasteiger partial charge in [0.1, 0.15) is 0 Å². The van der Waals surface area contributed by atoms with E-state index in [2.05, 4.69) is 15.4 Å². The van der Waals surface area contributed by atoms with Crippen molar-refractivity contribution in [1.29, 1.82) is 0 Å². The van der Waals surface area contributed by atoms with Crippen molar-refractivity contribution in [1.82, 2.24) is 24.8 Å². The number of likely N-dealkylation sites (tertiary alicyclic amines) is 1. The minimum Gasteiger partial charge on any atom is -0.334 e. The summed E-state index contributed by atoms with van der Waals surface area (Å²) in [6.07, 6.45) is 9.11. The van der Waals surface area contributed by atoms with E-state index >= 15 is 0 Å². The maximum absolute atomic E-state index is 12.8. The Morgan fingerprint density at radius 3 is 3.25 bits per heavy atom. The highest BCUT2D eigenvalue weighted by atomic mass is 16.2. The number of carbonyl (C=O) groups excluding carboxylic acids is 1. The molecule has 104 valence electrons. The molecule has 1 N–H and O–H groups in total. The van der Waals surface area contributed by atoms with Gasteiger partial charge in [-0.25, -0.2) is 4.52 Å². The zero-order valence-electron chi connectivity index (χ0n) is 11.2. The summed E-state index contributed by atoms with van der Waals surface area (Å²) in [6, 6.07) is 0.336. The van der Waals surface area contributed by atoms with E-state index in [0.717, 1.165) is 31.6 Å². The van der Waals surface area contributed by atoms with Gasteiger partial charge in [0, 0.05) is 38.1 Å². The van der Waals surface area contributed by atoms with Crippen LogP contribution in [0.4, 0.5) is 0 Å². The van der Waals surface area contributed by atoms with Crippen molar-refractivity contribution in [3.63, 3.8) is 0 Å². The molecule has 2 aliphatic rings. The number of nitrogens with zero attached hydrogens (tertiary/aromatic N) is 4. The smallest absolute Gasteiger partial charge is 0.258 e. The van der Waals surface area contributed by atoms with Crippen LogP contribution in [0.1, 0.15) is 23.2 Å². The van der Waals surface area contributed by atoms with Gasteiger partial charge in [0.05, 0.1) is 23.5 Å². The summed E-state index contributed by atoms with van der Waals surface area (Å²) in [4.78, 5) is 19.0. The molecule has 2 aliphatic heterocycles. The Kier molecular flexibility index (Phi) is 2.70. The van der Waals surface area contributed by atoms with Gasteiger partial charge in [-0.05, 0) is 18.8 Å². The Bertz CT molecular complexity index is 652. The fraction of sp³-hybridized carbons (Fsp3) is 0.500. The molecule has 2 fully saturated rings. The molecule has 4 rings (SSSR count). The third kappa shape index (κ3) is 1.71. The maximum atomic E-state index is 12.8. The van der Waals surface area contributed by atoms with Crippen molar-refractivity contribution in [2.45, 2.75) is 18.9 Å². The third-order valence-corrected chi connectivity index (χ3v) is 4.49. The van der Waals surface area contributed by atoms with Gasteiger partial charge in [-0.3, -0.25) is 9.78 Å². The van der Waals surface area contributed by atoms with Crippen molar-refractivity contribution in [2.75, 3.05) is 19.6 Å². The molecule has 4 heterocycles. The minimum absolute atomic E-state index is 0.0893. The van der Waals surface area contributed by atoms with Crippen LogP contribution in [0.2, 0.25) is 0 Å². The topological polar surface area (TPSA) is 62.5 Å². The molecular weight excluding hydrogens is 254 g/mol. The summed E-state index contributed by atoms with van der Waals surface area (Å²) < 4.78 is 1.70. The summed E-state index contributed by atoms with van der Waals surface area (Å²) >= 11 is 0. The predicted octanol–water partition coefficient (Wildman–Crippen LogP) is 0.553. The van der Waals surface area contributed by atoms with E-state index in [0.29, 0.717) is 17.5 Å². The standard InChI is InChI=1S/C14H17N5O/c20-14(11-7-17-19-5-3-15-9-13(11)19)18-4-1-2-10-6-16-8-12(10)18/h3,5,7,9-10,12,16H,1-2,4,6,8H2. The van der Waals surface area contributed by atoms with Crippen molar-refractivity contribution < 1.29 is 4.79 Å². The molecular formula is C14H17N5O. The summed E-state index contributed by atoms with van der Waals surface area (Å²) in [7, 11) is 0. The lowest BCUT2D eigenvalue weighted by atomic mass is 9.91. The van der Waals surface area contributed by atoms with E-state index in [-0.39, 0.29) is 5.91 Å². The second-order valence-corrected chi connectivity index (χ2v) is 5.59. The summed E-state index contributed by atoms with van der Waals surface area (Å²) in [5.74, 6) is 0.694. The van der Waals surface area contributed by atoms with Crippen LogP contribution in [0.25, 0.3) is 5.52 Å². The van der Waals surface area contributed by atoms with Crippen molar-refractivity contribution in [2.24, 2.45) is 5.92 Å². The van der Waals surface area contributed by atoms with Crippen LogP contribution in [0.3, 0.4) is 0 Å².